The van der Waals surface area contributed by atoms with E-state index in [1.807, 2.05) is 23.6 Å². The standard InChI is InChI=1S/C20H26N2O3/c1-5-15-10-18(23)21-19-22(15)12-17(25-19)13-24-16-8-6-14(7-9-16)11-20(2,3)4/h6-10,17H,5,11-13H2,1-4H3. The number of ether oxygens (including phenoxy) is 2. The molecule has 1 unspecified atom stereocenters. The predicted molar refractivity (Wildman–Crippen MR) is 97.4 cm³/mol. The van der Waals surface area contributed by atoms with Crippen molar-refractivity contribution in [2.75, 3.05) is 6.61 Å². The number of fused-ring (bicyclic) bond motifs is 1. The average molecular weight is 342 g/mol. The van der Waals surface area contributed by atoms with Gasteiger partial charge in [0.05, 0.1) is 6.54 Å². The monoisotopic (exact) mass is 342 g/mol. The summed E-state index contributed by atoms with van der Waals surface area (Å²) >= 11 is 0. The molecule has 0 saturated carbocycles. The largest absolute Gasteiger partial charge is 0.490 e. The van der Waals surface area contributed by atoms with Crippen molar-refractivity contribution in [2.45, 2.75) is 53.2 Å². The van der Waals surface area contributed by atoms with Crippen LogP contribution in [0, 0.1) is 5.41 Å². The van der Waals surface area contributed by atoms with Crippen molar-refractivity contribution in [1.82, 2.24) is 9.55 Å². The van der Waals surface area contributed by atoms with Gasteiger partial charge in [0.15, 0.2) is 6.10 Å². The molecule has 0 spiro atoms. The van der Waals surface area contributed by atoms with E-state index in [-0.39, 0.29) is 17.1 Å². The van der Waals surface area contributed by atoms with Crippen LogP contribution in [0.3, 0.4) is 0 Å². The molecule has 5 nitrogen and oxygen atoms in total. The minimum Gasteiger partial charge on any atom is -0.490 e. The van der Waals surface area contributed by atoms with Gasteiger partial charge in [0.25, 0.3) is 11.6 Å². The Hall–Kier alpha value is -2.30. The minimum atomic E-state index is -0.251. The molecule has 2 aromatic rings. The van der Waals surface area contributed by atoms with Gasteiger partial charge in [-0.15, -0.1) is 0 Å². The van der Waals surface area contributed by atoms with E-state index in [9.17, 15) is 4.79 Å². The molecular weight excluding hydrogens is 316 g/mol. The molecule has 134 valence electrons. The van der Waals surface area contributed by atoms with Gasteiger partial charge in [0.2, 0.25) is 0 Å². The Bertz CT molecular complexity index is 788. The molecule has 1 atom stereocenters. The van der Waals surface area contributed by atoms with E-state index in [0.717, 1.165) is 24.3 Å². The van der Waals surface area contributed by atoms with E-state index < -0.39 is 0 Å². The second-order valence-electron chi connectivity index (χ2n) is 7.76. The Morgan fingerprint density at radius 3 is 2.64 bits per heavy atom. The molecule has 1 aliphatic rings. The zero-order chi connectivity index (χ0) is 18.0. The van der Waals surface area contributed by atoms with Crippen molar-refractivity contribution in [2.24, 2.45) is 5.41 Å². The molecule has 0 amide bonds. The van der Waals surface area contributed by atoms with Crippen LogP contribution in [0.25, 0.3) is 0 Å². The summed E-state index contributed by atoms with van der Waals surface area (Å²) in [5.41, 5.74) is 2.27. The lowest BCUT2D eigenvalue weighted by molar-refractivity contribution is 0.143. The molecule has 3 rings (SSSR count). The van der Waals surface area contributed by atoms with Gasteiger partial charge < -0.3 is 9.47 Å². The number of benzene rings is 1. The molecule has 0 saturated heterocycles. The lowest BCUT2D eigenvalue weighted by atomic mass is 9.88. The zero-order valence-electron chi connectivity index (χ0n) is 15.4. The van der Waals surface area contributed by atoms with Gasteiger partial charge in [0.1, 0.15) is 12.4 Å². The van der Waals surface area contributed by atoms with Crippen molar-refractivity contribution in [1.29, 1.82) is 0 Å². The number of aromatic nitrogens is 2. The molecule has 1 aromatic carbocycles. The molecule has 0 radical (unpaired) electrons. The van der Waals surface area contributed by atoms with Crippen LogP contribution in [0.5, 0.6) is 11.8 Å². The van der Waals surface area contributed by atoms with Crippen LogP contribution in [0.15, 0.2) is 35.1 Å². The Morgan fingerprint density at radius 2 is 2.00 bits per heavy atom. The van der Waals surface area contributed by atoms with Gasteiger partial charge in [-0.2, -0.15) is 4.98 Å². The third-order valence-corrected chi connectivity index (χ3v) is 4.19. The number of aryl methyl sites for hydroxylation is 1. The summed E-state index contributed by atoms with van der Waals surface area (Å²) in [4.78, 5) is 15.5. The molecule has 0 bridgehead atoms. The highest BCUT2D eigenvalue weighted by atomic mass is 16.6. The Kier molecular flexibility index (Phi) is 4.84. The second kappa shape index (κ2) is 6.90. The quantitative estimate of drug-likeness (QED) is 0.837. The van der Waals surface area contributed by atoms with E-state index in [4.69, 9.17) is 9.47 Å². The van der Waals surface area contributed by atoms with E-state index in [0.29, 0.717) is 19.2 Å². The SMILES string of the molecule is CCc1cc(=O)nc2n1CC(COc1ccc(CC(C)(C)C)cc1)O2. The highest BCUT2D eigenvalue weighted by Crippen LogP contribution is 2.24. The fourth-order valence-corrected chi connectivity index (χ4v) is 3.09. The van der Waals surface area contributed by atoms with Crippen LogP contribution in [0.1, 0.15) is 39.0 Å². The normalized spacial score (nSPS) is 16.4. The maximum atomic E-state index is 11.6. The number of nitrogens with zero attached hydrogens (tertiary/aromatic N) is 2. The van der Waals surface area contributed by atoms with Gasteiger partial charge in [-0.3, -0.25) is 9.36 Å². The van der Waals surface area contributed by atoms with Crippen LogP contribution in [0.4, 0.5) is 0 Å². The molecule has 1 aliphatic heterocycles. The fraction of sp³-hybridized carbons (Fsp3) is 0.500. The summed E-state index contributed by atoms with van der Waals surface area (Å²) in [6.45, 7) is 9.81. The predicted octanol–water partition coefficient (Wildman–Crippen LogP) is 3.23. The van der Waals surface area contributed by atoms with Gasteiger partial charge in [0, 0.05) is 11.8 Å². The smallest absolute Gasteiger partial charge is 0.300 e. The first-order valence-corrected chi connectivity index (χ1v) is 8.83. The van der Waals surface area contributed by atoms with Crippen molar-refractivity contribution in [3.63, 3.8) is 0 Å². The van der Waals surface area contributed by atoms with Crippen LogP contribution in [-0.2, 0) is 19.4 Å². The van der Waals surface area contributed by atoms with Crippen molar-refractivity contribution >= 4 is 0 Å². The molecule has 0 fully saturated rings. The van der Waals surface area contributed by atoms with Crippen LogP contribution >= 0.6 is 0 Å². The molecule has 2 heterocycles. The maximum absolute atomic E-state index is 11.6. The van der Waals surface area contributed by atoms with Gasteiger partial charge >= 0.3 is 0 Å². The Morgan fingerprint density at radius 1 is 1.28 bits per heavy atom. The molecule has 1 aromatic heterocycles. The average Bonchev–Trinajstić information content (AvgIpc) is 2.94. The summed E-state index contributed by atoms with van der Waals surface area (Å²) in [7, 11) is 0. The van der Waals surface area contributed by atoms with Crippen LogP contribution < -0.4 is 15.0 Å². The molecule has 25 heavy (non-hydrogen) atoms. The highest BCUT2D eigenvalue weighted by Gasteiger charge is 2.26. The van der Waals surface area contributed by atoms with Crippen LogP contribution in [0.2, 0.25) is 0 Å². The topological polar surface area (TPSA) is 53.4 Å². The first-order chi connectivity index (χ1) is 11.8. The van der Waals surface area contributed by atoms with E-state index in [1.54, 1.807) is 6.07 Å². The van der Waals surface area contributed by atoms with Gasteiger partial charge in [-0.05, 0) is 36.0 Å². The number of hydrogen-bond acceptors (Lipinski definition) is 4. The second-order valence-corrected chi connectivity index (χ2v) is 7.76. The highest BCUT2D eigenvalue weighted by molar-refractivity contribution is 5.28. The van der Waals surface area contributed by atoms with Crippen molar-refractivity contribution in [3.8, 4) is 11.8 Å². The lowest BCUT2D eigenvalue weighted by Crippen LogP contribution is -2.23. The molecule has 5 heteroatoms. The van der Waals surface area contributed by atoms with E-state index in [1.165, 1.54) is 5.56 Å². The molecule has 0 aliphatic carbocycles. The third-order valence-electron chi connectivity index (χ3n) is 4.19. The first-order valence-electron chi connectivity index (χ1n) is 8.83. The van der Waals surface area contributed by atoms with Crippen LogP contribution in [-0.4, -0.2) is 22.3 Å². The molecule has 0 N–H and O–H groups in total. The molecular formula is C20H26N2O3. The summed E-state index contributed by atoms with van der Waals surface area (Å²) in [6.07, 6.45) is 1.68. The summed E-state index contributed by atoms with van der Waals surface area (Å²) in [5, 5.41) is 0. The Labute approximate surface area is 148 Å². The van der Waals surface area contributed by atoms with Crippen molar-refractivity contribution < 1.29 is 9.47 Å². The third kappa shape index (κ3) is 4.41. The lowest BCUT2D eigenvalue weighted by Gasteiger charge is -2.18. The fourth-order valence-electron chi connectivity index (χ4n) is 3.09. The minimum absolute atomic E-state index is 0.131. The number of hydrogen-bond donors (Lipinski definition) is 0. The van der Waals surface area contributed by atoms with Crippen molar-refractivity contribution in [3.05, 3.63) is 51.9 Å². The Balaban J connectivity index is 1.59. The van der Waals surface area contributed by atoms with E-state index in [2.05, 4.69) is 37.9 Å². The number of rotatable bonds is 5. The first kappa shape index (κ1) is 17.5. The summed E-state index contributed by atoms with van der Waals surface area (Å²) in [5.74, 6) is 0.829. The van der Waals surface area contributed by atoms with Gasteiger partial charge in [-0.1, -0.05) is 39.8 Å². The maximum Gasteiger partial charge on any atom is 0.300 e. The zero-order valence-corrected chi connectivity index (χ0v) is 15.4. The van der Waals surface area contributed by atoms with Gasteiger partial charge in [-0.25, -0.2) is 0 Å². The summed E-state index contributed by atoms with van der Waals surface area (Å²) < 4.78 is 13.6. The van der Waals surface area contributed by atoms with E-state index >= 15 is 0 Å². The summed E-state index contributed by atoms with van der Waals surface area (Å²) in [6, 6.07) is 10.2.